The lowest BCUT2D eigenvalue weighted by molar-refractivity contribution is -0.389. The van der Waals surface area contributed by atoms with Gasteiger partial charge in [0.05, 0.1) is 38.6 Å². The summed E-state index contributed by atoms with van der Waals surface area (Å²) in [7, 11) is 0. The Labute approximate surface area is 329 Å². The van der Waals surface area contributed by atoms with E-state index in [2.05, 4.69) is 5.32 Å². The van der Waals surface area contributed by atoms with Gasteiger partial charge in [-0.1, -0.05) is 0 Å². The summed E-state index contributed by atoms with van der Waals surface area (Å²) in [5.41, 5.74) is 5.80. The Morgan fingerprint density at radius 3 is 1.52 bits per heavy atom. The van der Waals surface area contributed by atoms with Crippen LogP contribution >= 0.6 is 0 Å². The van der Waals surface area contributed by atoms with Gasteiger partial charge in [-0.15, -0.1) is 0 Å². The summed E-state index contributed by atoms with van der Waals surface area (Å²) in [6, 6.07) is -3.19. The minimum atomic E-state index is -2.08. The van der Waals surface area contributed by atoms with E-state index in [1.165, 1.54) is 6.92 Å². The minimum Gasteiger partial charge on any atom is -0.394 e. The number of carbonyl (C=O) groups is 1. The van der Waals surface area contributed by atoms with Crippen molar-refractivity contribution in [3.63, 3.8) is 0 Å². The smallest absolute Gasteiger partial charge is 0.217 e. The maximum absolute atomic E-state index is 12.8. The van der Waals surface area contributed by atoms with Gasteiger partial charge in [0.2, 0.25) is 5.91 Å². The zero-order chi connectivity index (χ0) is 42.9. The Morgan fingerprint density at radius 2 is 0.948 bits per heavy atom. The first-order chi connectivity index (χ1) is 27.4. The second-order valence-electron chi connectivity index (χ2n) is 14.8. The number of hydrogen-bond donors (Lipinski definition) is 16. The van der Waals surface area contributed by atoms with E-state index in [4.69, 9.17) is 48.4 Å². The molecule has 25 atom stereocenters. The highest BCUT2D eigenvalue weighted by atomic mass is 16.8. The number of carbonyl (C=O) groups excluding carboxylic acids is 1. The first-order valence-corrected chi connectivity index (χ1v) is 18.5. The average molecular weight is 853 g/mol. The van der Waals surface area contributed by atoms with Crippen LogP contribution in [-0.2, 0) is 47.4 Å². The van der Waals surface area contributed by atoms with Crippen LogP contribution in [0, 0.1) is 0 Å². The van der Waals surface area contributed by atoms with Gasteiger partial charge in [-0.2, -0.15) is 0 Å². The largest absolute Gasteiger partial charge is 0.394 e. The molecule has 0 aliphatic carbocycles. The number of rotatable bonds is 13. The van der Waals surface area contributed by atoms with E-state index in [1.54, 1.807) is 0 Å². The molecule has 5 rings (SSSR count). The topological polar surface area (TPSA) is 421 Å². The van der Waals surface area contributed by atoms with E-state index < -0.39 is 186 Å². The van der Waals surface area contributed by atoms with Gasteiger partial charge in [-0.25, -0.2) is 0 Å². The Balaban J connectivity index is 1.50. The number of amides is 1. The zero-order valence-electron chi connectivity index (χ0n) is 31.2. The summed E-state index contributed by atoms with van der Waals surface area (Å²) in [5, 5.41) is 150. The highest BCUT2D eigenvalue weighted by Gasteiger charge is 2.57. The Bertz CT molecular complexity index is 1310. The Kier molecular flexibility index (Phi) is 16.5. The molecule has 5 saturated heterocycles. The zero-order valence-corrected chi connectivity index (χ0v) is 31.2. The second-order valence-corrected chi connectivity index (χ2v) is 14.8. The van der Waals surface area contributed by atoms with Crippen molar-refractivity contribution in [3.8, 4) is 0 Å². The van der Waals surface area contributed by atoms with Crippen LogP contribution in [0.4, 0.5) is 0 Å². The lowest BCUT2D eigenvalue weighted by atomic mass is 9.93. The molecule has 26 nitrogen and oxygen atoms in total. The van der Waals surface area contributed by atoms with Crippen LogP contribution in [0.3, 0.4) is 0 Å². The van der Waals surface area contributed by atoms with Gasteiger partial charge in [0.15, 0.2) is 31.5 Å². The number of hydrogen-bond acceptors (Lipinski definition) is 25. The van der Waals surface area contributed by atoms with Gasteiger partial charge in [0.25, 0.3) is 0 Å². The number of ether oxygens (including phenoxy) is 9. The first kappa shape index (κ1) is 47.6. The molecular formula is C32H56N2O24. The number of nitrogens with one attached hydrogen (secondary N) is 1. The molecule has 5 fully saturated rings. The lowest BCUT2D eigenvalue weighted by Gasteiger charge is -2.51. The molecule has 0 spiro atoms. The molecule has 0 aromatic rings. The van der Waals surface area contributed by atoms with Gasteiger partial charge >= 0.3 is 0 Å². The predicted molar refractivity (Wildman–Crippen MR) is 179 cm³/mol. The predicted octanol–water partition coefficient (Wildman–Crippen LogP) is -10.8. The molecule has 0 bridgehead atoms. The molecule has 0 radical (unpaired) electrons. The summed E-state index contributed by atoms with van der Waals surface area (Å²) in [6.07, 6.45) is -40.7. The van der Waals surface area contributed by atoms with Crippen molar-refractivity contribution < 1.29 is 119 Å². The molecule has 0 aromatic heterocycles. The summed E-state index contributed by atoms with van der Waals surface area (Å²) >= 11 is 0. The summed E-state index contributed by atoms with van der Waals surface area (Å²) < 4.78 is 51.7. The van der Waals surface area contributed by atoms with Crippen LogP contribution in [0.25, 0.3) is 0 Å². The van der Waals surface area contributed by atoms with Gasteiger partial charge in [0, 0.05) is 6.92 Å². The summed E-state index contributed by atoms with van der Waals surface area (Å²) in [6.45, 7) is -1.26. The van der Waals surface area contributed by atoms with Crippen LogP contribution in [-0.4, -0.2) is 257 Å². The SMILES string of the molecule is CC(=O)N[C@H]1[C@H](O[C@H]2[C@@H](O)[C@@H](CO)O[C@@H](O[C@H]3[C@H](O)[C@@H](N)[C@H](O)O[C@@H]3CO)[C@@H]2O)O[C@H](CO)[C@@H](O[C@@H]2O[C@@H](C)[C@@H](O)[C@@H](O)[C@@H]2O)[C@@H]1O[C@@H]1O[C@H](CO)[C@H](O)[C@H](O)[C@H]1O. The van der Waals surface area contributed by atoms with Crippen LogP contribution in [0.15, 0.2) is 0 Å². The summed E-state index contributed by atoms with van der Waals surface area (Å²) in [4.78, 5) is 12.8. The molecule has 5 aliphatic rings. The van der Waals surface area contributed by atoms with Gasteiger partial charge in [-0.05, 0) is 6.92 Å². The van der Waals surface area contributed by atoms with Crippen molar-refractivity contribution in [1.82, 2.24) is 5.32 Å². The third kappa shape index (κ3) is 9.75. The normalized spacial score (nSPS) is 51.6. The molecule has 26 heteroatoms. The van der Waals surface area contributed by atoms with E-state index >= 15 is 0 Å². The van der Waals surface area contributed by atoms with Gasteiger partial charge in [-0.3, -0.25) is 4.79 Å². The molecular weight excluding hydrogens is 796 g/mol. The molecule has 0 saturated carbocycles. The number of aliphatic hydroxyl groups excluding tert-OH is 14. The fourth-order valence-corrected chi connectivity index (χ4v) is 7.40. The Hall–Kier alpha value is -1.49. The van der Waals surface area contributed by atoms with E-state index in [0.717, 1.165) is 6.92 Å². The quantitative estimate of drug-likeness (QED) is 0.0818. The highest BCUT2D eigenvalue weighted by Crippen LogP contribution is 2.36. The van der Waals surface area contributed by atoms with E-state index in [-0.39, 0.29) is 0 Å². The monoisotopic (exact) mass is 852 g/mol. The Morgan fingerprint density at radius 1 is 0.500 bits per heavy atom. The standard InChI is InChI=1S/C32H56N2O24/c1-7-15(40)19(44)21(46)30(50-7)56-25-12(6-38)54-29(14(34-8(2)39)26(25)57-31-22(47)20(45)16(41)9(3-35)52-31)58-27-17(42)10(4-36)53-32(23(27)48)55-24-11(5-37)51-28(49)13(33)18(24)43/h7,9-32,35-38,40-49H,3-6,33H2,1-2H3,(H,34,39)/t7-,9+,10+,11+,12+,13+,14+,15+,16-,17-,18+,19+,20-,21-,22+,23+,24+,25+,26+,27-,28+,29-,30-,31-,32-/m0/s1. The van der Waals surface area contributed by atoms with Gasteiger partial charge < -0.3 is 125 Å². The minimum absolute atomic E-state index is 0.822. The molecule has 5 aliphatic heterocycles. The van der Waals surface area contributed by atoms with Gasteiger partial charge in [0.1, 0.15) is 110 Å². The van der Waals surface area contributed by atoms with Crippen LogP contribution in [0.2, 0.25) is 0 Å². The fourth-order valence-electron chi connectivity index (χ4n) is 7.40. The van der Waals surface area contributed by atoms with E-state index in [0.29, 0.717) is 0 Å². The molecule has 5 heterocycles. The first-order valence-electron chi connectivity index (χ1n) is 18.5. The molecule has 1 amide bonds. The van der Waals surface area contributed by atoms with Crippen molar-refractivity contribution in [3.05, 3.63) is 0 Å². The van der Waals surface area contributed by atoms with E-state index in [9.17, 15) is 76.3 Å². The fraction of sp³-hybridized carbons (Fsp3) is 0.969. The maximum atomic E-state index is 12.8. The van der Waals surface area contributed by atoms with Crippen LogP contribution in [0.1, 0.15) is 13.8 Å². The molecule has 58 heavy (non-hydrogen) atoms. The van der Waals surface area contributed by atoms with Crippen molar-refractivity contribution in [2.45, 2.75) is 167 Å². The van der Waals surface area contributed by atoms with Crippen LogP contribution < -0.4 is 11.1 Å². The number of aliphatic hydroxyl groups is 14. The van der Waals surface area contributed by atoms with Crippen molar-refractivity contribution in [2.24, 2.45) is 5.73 Å². The molecule has 17 N–H and O–H groups in total. The highest BCUT2D eigenvalue weighted by molar-refractivity contribution is 5.73. The third-order valence-corrected chi connectivity index (χ3v) is 10.8. The summed E-state index contributed by atoms with van der Waals surface area (Å²) in [5.74, 6) is -0.825. The average Bonchev–Trinajstić information content (AvgIpc) is 3.19. The van der Waals surface area contributed by atoms with Crippen molar-refractivity contribution >= 4 is 5.91 Å². The lowest BCUT2D eigenvalue weighted by Crippen LogP contribution is -2.71. The second kappa shape index (κ2) is 20.1. The van der Waals surface area contributed by atoms with E-state index in [1.807, 2.05) is 0 Å². The van der Waals surface area contributed by atoms with Crippen molar-refractivity contribution in [1.29, 1.82) is 0 Å². The third-order valence-electron chi connectivity index (χ3n) is 10.8. The molecule has 338 valence electrons. The van der Waals surface area contributed by atoms with Crippen molar-refractivity contribution in [2.75, 3.05) is 26.4 Å². The maximum Gasteiger partial charge on any atom is 0.217 e. The van der Waals surface area contributed by atoms with Crippen LogP contribution in [0.5, 0.6) is 0 Å². The molecule has 0 aromatic carbocycles. The number of nitrogens with two attached hydrogens (primary N) is 1. The molecule has 0 unspecified atom stereocenters.